The van der Waals surface area contributed by atoms with E-state index in [0.29, 0.717) is 38.8 Å². The highest BCUT2D eigenvalue weighted by molar-refractivity contribution is 5.95. The Labute approximate surface area is 175 Å². The van der Waals surface area contributed by atoms with Crippen molar-refractivity contribution in [1.29, 1.82) is 0 Å². The Bertz CT molecular complexity index is 784. The fraction of sp³-hybridized carbons (Fsp3) is 0.526. The second-order valence-electron chi connectivity index (χ2n) is 7.27. The number of unbranched alkanes of at least 4 members (excludes halogenated alkanes) is 2. The Morgan fingerprint density at radius 3 is 2.87 bits per heavy atom. The lowest BCUT2D eigenvalue weighted by Gasteiger charge is -2.13. The second-order valence-corrected chi connectivity index (χ2v) is 7.27. The van der Waals surface area contributed by atoms with Crippen molar-refractivity contribution in [3.05, 3.63) is 39.9 Å². The number of hydrogen-bond donors (Lipinski definition) is 5. The van der Waals surface area contributed by atoms with E-state index in [2.05, 4.69) is 20.9 Å². The number of hydrogen-bond acceptors (Lipinski definition) is 6. The lowest BCUT2D eigenvalue weighted by molar-refractivity contribution is -0.525. The molecule has 0 aromatic heterocycles. The molecule has 1 heterocycles. The largest absolute Gasteiger partial charge is 0.365 e. The van der Waals surface area contributed by atoms with Crippen molar-refractivity contribution < 1.29 is 14.6 Å². The summed E-state index contributed by atoms with van der Waals surface area (Å²) < 4.78 is 0. The predicted molar refractivity (Wildman–Crippen MR) is 113 cm³/mol. The number of amides is 2. The van der Waals surface area contributed by atoms with E-state index in [1.807, 2.05) is 31.2 Å². The third kappa shape index (κ3) is 8.43. The Morgan fingerprint density at radius 2 is 2.13 bits per heavy atom. The number of aliphatic imine (C=N–C) groups is 1. The smallest absolute Gasteiger partial charge is 0.251 e. The van der Waals surface area contributed by atoms with E-state index in [9.17, 15) is 19.7 Å². The summed E-state index contributed by atoms with van der Waals surface area (Å²) in [5.41, 5.74) is 8.91. The van der Waals surface area contributed by atoms with Crippen LogP contribution in [0.4, 0.5) is 5.69 Å². The van der Waals surface area contributed by atoms with Gasteiger partial charge in [-0.25, -0.2) is 15.1 Å². The highest BCUT2D eigenvalue weighted by Crippen LogP contribution is 2.13. The Morgan fingerprint density at radius 1 is 1.33 bits per heavy atom. The molecule has 164 valence electrons. The van der Waals surface area contributed by atoms with E-state index in [1.54, 1.807) is 5.43 Å². The molecule has 1 aromatic rings. The number of carbonyl (C=O) groups is 2. The third-order valence-electron chi connectivity index (χ3n) is 4.65. The average molecular weight is 419 g/mol. The van der Waals surface area contributed by atoms with Crippen molar-refractivity contribution in [3.63, 3.8) is 0 Å². The van der Waals surface area contributed by atoms with Gasteiger partial charge in [-0.05, 0) is 43.9 Å². The highest BCUT2D eigenvalue weighted by Gasteiger charge is 2.30. The third-order valence-corrected chi connectivity index (χ3v) is 4.65. The number of guanidine groups is 1. The first-order chi connectivity index (χ1) is 14.3. The zero-order chi connectivity index (χ0) is 21.9. The molecule has 0 saturated carbocycles. The number of aryl methyl sites for hydroxylation is 1. The van der Waals surface area contributed by atoms with Crippen LogP contribution in [-0.4, -0.2) is 48.0 Å². The van der Waals surface area contributed by atoms with Crippen LogP contribution in [0.25, 0.3) is 0 Å². The number of hydrazine groups is 1. The van der Waals surface area contributed by atoms with Crippen LogP contribution < -0.4 is 27.1 Å². The summed E-state index contributed by atoms with van der Waals surface area (Å²) in [6.07, 6.45) is 3.04. The summed E-state index contributed by atoms with van der Waals surface area (Å²) >= 11 is 0. The molecule has 1 aliphatic heterocycles. The minimum atomic E-state index is -0.766. The monoisotopic (exact) mass is 419 g/mol. The quantitative estimate of drug-likeness (QED) is 0.121. The lowest BCUT2D eigenvalue weighted by atomic mass is 10.1. The van der Waals surface area contributed by atoms with E-state index in [1.165, 1.54) is 0 Å². The van der Waals surface area contributed by atoms with Crippen molar-refractivity contribution in [2.45, 2.75) is 51.1 Å². The number of rotatable bonds is 10. The lowest BCUT2D eigenvalue weighted by Crippen LogP contribution is -2.36. The van der Waals surface area contributed by atoms with Crippen LogP contribution in [0.15, 0.2) is 29.3 Å². The molecular formula is C19H29N7O4. The maximum absolute atomic E-state index is 12.4. The van der Waals surface area contributed by atoms with Crippen molar-refractivity contribution in [2.75, 3.05) is 18.4 Å². The average Bonchev–Trinajstić information content (AvgIpc) is 3.12. The van der Waals surface area contributed by atoms with Crippen molar-refractivity contribution in [1.82, 2.24) is 16.1 Å². The van der Waals surface area contributed by atoms with E-state index in [0.717, 1.165) is 17.7 Å². The first-order valence-electron chi connectivity index (χ1n) is 9.94. The van der Waals surface area contributed by atoms with Crippen LogP contribution in [0, 0.1) is 17.0 Å². The van der Waals surface area contributed by atoms with Gasteiger partial charge in [-0.1, -0.05) is 24.0 Å². The zero-order valence-electron chi connectivity index (χ0n) is 17.0. The maximum atomic E-state index is 12.4. The number of benzene rings is 1. The molecule has 1 aliphatic rings. The van der Waals surface area contributed by atoms with E-state index in [4.69, 9.17) is 5.73 Å². The summed E-state index contributed by atoms with van der Waals surface area (Å²) in [5, 5.41) is 18.4. The van der Waals surface area contributed by atoms with Gasteiger partial charge in [0.05, 0.1) is 6.04 Å². The molecule has 1 fully saturated rings. The molecule has 0 radical (unpaired) electrons. The van der Waals surface area contributed by atoms with Gasteiger partial charge in [-0.3, -0.25) is 9.59 Å². The number of nitrogens with two attached hydrogens (primary N) is 1. The number of nitrogens with one attached hydrogen (secondary N) is 4. The molecule has 0 bridgehead atoms. The fourth-order valence-electron chi connectivity index (χ4n) is 3.20. The van der Waals surface area contributed by atoms with Gasteiger partial charge in [0, 0.05) is 31.2 Å². The molecule has 11 nitrogen and oxygen atoms in total. The van der Waals surface area contributed by atoms with Crippen LogP contribution in [0.2, 0.25) is 0 Å². The minimum Gasteiger partial charge on any atom is -0.365 e. The van der Waals surface area contributed by atoms with E-state index >= 15 is 0 Å². The molecule has 1 aromatic carbocycles. The number of carbonyl (C=O) groups excluding carboxylic acids is 2. The molecule has 30 heavy (non-hydrogen) atoms. The standard InChI is InChI=1S/C19H29N7O4/c1-13-6-5-7-14(10-13)24-18(28)16-11-15(12-22-16)23-17(27)8-3-2-4-9-21-19(20)25-26(29)30/h5-7,10,15-16,22H,2-4,8-9,11-12H2,1H3,(H,23,27)(H,24,28)(H3,20,21,25)/t15-,16-/m0/s1. The van der Waals surface area contributed by atoms with Gasteiger partial charge >= 0.3 is 0 Å². The van der Waals surface area contributed by atoms with E-state index < -0.39 is 5.03 Å². The molecule has 2 atom stereocenters. The fourth-order valence-corrected chi connectivity index (χ4v) is 3.20. The van der Waals surface area contributed by atoms with Gasteiger partial charge in [0.15, 0.2) is 5.03 Å². The van der Waals surface area contributed by atoms with Gasteiger partial charge in [-0.15, -0.1) is 0 Å². The molecule has 2 amide bonds. The zero-order valence-corrected chi connectivity index (χ0v) is 17.0. The van der Waals surface area contributed by atoms with Gasteiger partial charge in [0.1, 0.15) is 0 Å². The van der Waals surface area contributed by atoms with Crippen LogP contribution >= 0.6 is 0 Å². The Balaban J connectivity index is 1.60. The molecule has 11 heteroatoms. The van der Waals surface area contributed by atoms with Crippen molar-refractivity contribution in [2.24, 2.45) is 10.7 Å². The van der Waals surface area contributed by atoms with E-state index in [-0.39, 0.29) is 29.9 Å². The van der Waals surface area contributed by atoms with Crippen LogP contribution in [0.3, 0.4) is 0 Å². The summed E-state index contributed by atoms with van der Waals surface area (Å²) in [7, 11) is 0. The second kappa shape index (κ2) is 11.7. The van der Waals surface area contributed by atoms with Gasteiger partial charge < -0.3 is 21.7 Å². The predicted octanol–water partition coefficient (Wildman–Crippen LogP) is 0.437. The number of nitro groups is 1. The van der Waals surface area contributed by atoms with Gasteiger partial charge in [0.25, 0.3) is 5.96 Å². The molecule has 1 saturated heterocycles. The summed E-state index contributed by atoms with van der Waals surface area (Å²) in [6, 6.07) is 7.18. The van der Waals surface area contributed by atoms with Crippen molar-refractivity contribution in [3.8, 4) is 0 Å². The minimum absolute atomic E-state index is 0.0559. The Kier molecular flexibility index (Phi) is 9.01. The number of anilines is 1. The molecule has 0 unspecified atom stereocenters. The molecule has 0 spiro atoms. The molecule has 6 N–H and O–H groups in total. The normalized spacial score (nSPS) is 18.6. The van der Waals surface area contributed by atoms with Gasteiger partial charge in [-0.2, -0.15) is 0 Å². The maximum Gasteiger partial charge on any atom is 0.251 e. The van der Waals surface area contributed by atoms with Crippen molar-refractivity contribution >= 4 is 23.5 Å². The summed E-state index contributed by atoms with van der Waals surface area (Å²) in [6.45, 7) is 2.87. The summed E-state index contributed by atoms with van der Waals surface area (Å²) in [4.78, 5) is 38.5. The highest BCUT2D eigenvalue weighted by atomic mass is 16.7. The first-order valence-corrected chi connectivity index (χ1v) is 9.94. The Hall–Kier alpha value is -3.21. The molecular weight excluding hydrogens is 390 g/mol. The van der Waals surface area contributed by atoms with Gasteiger partial charge in [0.2, 0.25) is 11.8 Å². The molecule has 2 rings (SSSR count). The summed E-state index contributed by atoms with van der Waals surface area (Å²) in [5.74, 6) is -0.393. The van der Waals surface area contributed by atoms with Crippen LogP contribution in [-0.2, 0) is 9.59 Å². The first kappa shape index (κ1) is 23.1. The topological polar surface area (TPSA) is 164 Å². The molecule has 0 aliphatic carbocycles. The number of nitrogens with zero attached hydrogens (tertiary/aromatic N) is 2. The SMILES string of the molecule is Cc1cccc(NC(=O)[C@@H]2C[C@H](NC(=O)CCCCCN=C(N)N[N+](=O)[O-])CN2)c1. The van der Waals surface area contributed by atoms with Crippen LogP contribution in [0.1, 0.15) is 37.7 Å². The van der Waals surface area contributed by atoms with Crippen LogP contribution in [0.5, 0.6) is 0 Å².